The molecule has 0 saturated carbocycles. The molecule has 2 aliphatic heterocycles. The first-order chi connectivity index (χ1) is 8.72. The van der Waals surface area contributed by atoms with Gasteiger partial charge in [-0.15, -0.1) is 0 Å². The van der Waals surface area contributed by atoms with Crippen LogP contribution in [-0.2, 0) is 0 Å². The van der Waals surface area contributed by atoms with E-state index < -0.39 is 0 Å². The van der Waals surface area contributed by atoms with Gasteiger partial charge in [-0.3, -0.25) is 4.90 Å². The number of benzene rings is 1. The minimum atomic E-state index is 0.527. The van der Waals surface area contributed by atoms with Gasteiger partial charge >= 0.3 is 0 Å². The molecule has 3 heteroatoms. The van der Waals surface area contributed by atoms with Crippen LogP contribution >= 0.6 is 0 Å². The highest BCUT2D eigenvalue weighted by Crippen LogP contribution is 2.46. The fourth-order valence-electron chi connectivity index (χ4n) is 3.37. The highest BCUT2D eigenvalue weighted by molar-refractivity contribution is 5.54. The molecule has 1 aromatic carbocycles. The molecule has 0 radical (unpaired) electrons. The van der Waals surface area contributed by atoms with Gasteiger partial charge in [0.15, 0.2) is 11.5 Å². The number of fused-ring (bicyclic) bond motifs is 3. The molecule has 2 atom stereocenters. The van der Waals surface area contributed by atoms with Gasteiger partial charge in [0.2, 0.25) is 0 Å². The summed E-state index contributed by atoms with van der Waals surface area (Å²) in [5, 5.41) is 0. The number of methoxy groups -OCH3 is 1. The van der Waals surface area contributed by atoms with Gasteiger partial charge in [-0.1, -0.05) is 12.1 Å². The van der Waals surface area contributed by atoms with E-state index in [1.807, 2.05) is 0 Å². The van der Waals surface area contributed by atoms with Gasteiger partial charge in [-0.25, -0.2) is 0 Å². The van der Waals surface area contributed by atoms with Crippen LogP contribution in [0, 0.1) is 6.92 Å². The lowest BCUT2D eigenvalue weighted by molar-refractivity contribution is 0.0847. The molecule has 3 rings (SSSR count). The van der Waals surface area contributed by atoms with Gasteiger partial charge < -0.3 is 9.47 Å². The average molecular weight is 247 g/mol. The van der Waals surface area contributed by atoms with E-state index in [2.05, 4.69) is 31.0 Å². The van der Waals surface area contributed by atoms with Crippen molar-refractivity contribution < 1.29 is 9.47 Å². The maximum Gasteiger partial charge on any atom is 0.165 e. The normalized spacial score (nSPS) is 27.1. The number of rotatable bonds is 1. The monoisotopic (exact) mass is 247 g/mol. The summed E-state index contributed by atoms with van der Waals surface area (Å²) in [4.78, 5) is 2.43. The number of likely N-dealkylation sites (tertiary alicyclic amines) is 1. The van der Waals surface area contributed by atoms with Gasteiger partial charge in [0.1, 0.15) is 6.61 Å². The summed E-state index contributed by atoms with van der Waals surface area (Å²) in [6.45, 7) is 4.04. The zero-order chi connectivity index (χ0) is 12.7. The van der Waals surface area contributed by atoms with E-state index in [9.17, 15) is 0 Å². The fraction of sp³-hybridized carbons (Fsp3) is 0.600. The van der Waals surface area contributed by atoms with Crippen molar-refractivity contribution in [2.75, 3.05) is 27.3 Å². The molecule has 0 amide bonds. The molecular formula is C15H21NO2. The maximum atomic E-state index is 6.00. The van der Waals surface area contributed by atoms with Crippen LogP contribution in [0.2, 0.25) is 0 Å². The van der Waals surface area contributed by atoms with E-state index in [1.54, 1.807) is 7.11 Å². The summed E-state index contributed by atoms with van der Waals surface area (Å²) < 4.78 is 11.5. The second kappa shape index (κ2) is 4.47. The number of aryl methyl sites for hydroxylation is 1. The Kier molecular flexibility index (Phi) is 2.94. The summed E-state index contributed by atoms with van der Waals surface area (Å²) in [5.41, 5.74) is 2.49. The molecule has 2 aliphatic rings. The summed E-state index contributed by atoms with van der Waals surface area (Å²) in [5.74, 6) is 2.50. The molecule has 1 saturated heterocycles. The molecule has 18 heavy (non-hydrogen) atoms. The highest BCUT2D eigenvalue weighted by atomic mass is 16.5. The Morgan fingerprint density at radius 3 is 3.00 bits per heavy atom. The van der Waals surface area contributed by atoms with Crippen LogP contribution in [0.25, 0.3) is 0 Å². The second-order valence-corrected chi connectivity index (χ2v) is 5.44. The Balaban J connectivity index is 2.05. The zero-order valence-corrected chi connectivity index (χ0v) is 11.4. The van der Waals surface area contributed by atoms with E-state index in [4.69, 9.17) is 9.47 Å². The van der Waals surface area contributed by atoms with Crippen molar-refractivity contribution in [1.82, 2.24) is 4.90 Å². The lowest BCUT2D eigenvalue weighted by atomic mass is 9.81. The Hall–Kier alpha value is -1.22. The molecular weight excluding hydrogens is 226 g/mol. The minimum Gasteiger partial charge on any atom is -0.493 e. The number of likely N-dealkylation sites (N-methyl/N-ethyl adjacent to an activating group) is 1. The number of nitrogens with zero attached hydrogens (tertiary/aromatic N) is 1. The molecule has 0 unspecified atom stereocenters. The van der Waals surface area contributed by atoms with Gasteiger partial charge in [0, 0.05) is 11.5 Å². The van der Waals surface area contributed by atoms with Crippen LogP contribution in [0.3, 0.4) is 0 Å². The van der Waals surface area contributed by atoms with E-state index in [0.29, 0.717) is 12.0 Å². The maximum absolute atomic E-state index is 6.00. The van der Waals surface area contributed by atoms with Crippen LogP contribution in [0.1, 0.15) is 29.9 Å². The second-order valence-electron chi connectivity index (χ2n) is 5.44. The van der Waals surface area contributed by atoms with Crippen LogP contribution in [0.15, 0.2) is 12.1 Å². The summed E-state index contributed by atoms with van der Waals surface area (Å²) in [7, 11) is 3.93. The van der Waals surface area contributed by atoms with Crippen molar-refractivity contribution in [2.24, 2.45) is 0 Å². The SMILES string of the molecule is COc1c(C)ccc2c1OC[C@@H]1[C@@H]2CCCN1C. The largest absolute Gasteiger partial charge is 0.493 e. The van der Waals surface area contributed by atoms with Crippen LogP contribution in [-0.4, -0.2) is 38.3 Å². The predicted octanol–water partition coefficient (Wildman–Crippen LogP) is 2.57. The number of ether oxygens (including phenoxy) is 2. The summed E-state index contributed by atoms with van der Waals surface area (Å²) >= 11 is 0. The lowest BCUT2D eigenvalue weighted by Gasteiger charge is -2.43. The van der Waals surface area contributed by atoms with Crippen molar-refractivity contribution in [3.05, 3.63) is 23.3 Å². The van der Waals surface area contributed by atoms with Crippen molar-refractivity contribution in [2.45, 2.75) is 31.7 Å². The Morgan fingerprint density at radius 1 is 1.39 bits per heavy atom. The average Bonchev–Trinajstić information content (AvgIpc) is 2.38. The van der Waals surface area contributed by atoms with E-state index in [-0.39, 0.29) is 0 Å². The first-order valence-corrected chi connectivity index (χ1v) is 6.73. The molecule has 1 aromatic rings. The summed E-state index contributed by atoms with van der Waals surface area (Å²) in [6, 6.07) is 4.90. The quantitative estimate of drug-likeness (QED) is 0.761. The van der Waals surface area contributed by atoms with Gasteiger partial charge in [-0.05, 0) is 38.9 Å². The smallest absolute Gasteiger partial charge is 0.165 e. The fourth-order valence-corrected chi connectivity index (χ4v) is 3.37. The highest BCUT2D eigenvalue weighted by Gasteiger charge is 2.37. The molecule has 0 spiro atoms. The molecule has 0 bridgehead atoms. The van der Waals surface area contributed by atoms with E-state index in [0.717, 1.165) is 23.7 Å². The van der Waals surface area contributed by atoms with Crippen molar-refractivity contribution in [3.8, 4) is 11.5 Å². The third kappa shape index (κ3) is 1.69. The molecule has 1 fully saturated rings. The zero-order valence-electron chi connectivity index (χ0n) is 11.4. The Labute approximate surface area is 109 Å². The van der Waals surface area contributed by atoms with Crippen molar-refractivity contribution >= 4 is 0 Å². The minimum absolute atomic E-state index is 0.527. The third-order valence-corrected chi connectivity index (χ3v) is 4.40. The van der Waals surface area contributed by atoms with E-state index >= 15 is 0 Å². The molecule has 98 valence electrons. The van der Waals surface area contributed by atoms with E-state index in [1.165, 1.54) is 24.9 Å². The third-order valence-electron chi connectivity index (χ3n) is 4.40. The van der Waals surface area contributed by atoms with Gasteiger partial charge in [-0.2, -0.15) is 0 Å². The lowest BCUT2D eigenvalue weighted by Crippen LogP contribution is -2.47. The topological polar surface area (TPSA) is 21.7 Å². The molecule has 2 heterocycles. The summed E-state index contributed by atoms with van der Waals surface area (Å²) in [6.07, 6.45) is 2.53. The molecule has 0 N–H and O–H groups in total. The standard InChI is InChI=1S/C15H21NO2/c1-10-6-7-12-11-5-4-8-16(2)13(11)9-18-15(12)14(10)17-3/h6-7,11,13H,4-5,8-9H2,1-3H3/t11-,13-/m1/s1. The number of piperidine rings is 1. The van der Waals surface area contributed by atoms with Crippen molar-refractivity contribution in [3.63, 3.8) is 0 Å². The first-order valence-electron chi connectivity index (χ1n) is 6.73. The Morgan fingerprint density at radius 2 is 2.22 bits per heavy atom. The van der Waals surface area contributed by atoms with Gasteiger partial charge in [0.25, 0.3) is 0 Å². The molecule has 3 nitrogen and oxygen atoms in total. The molecule has 0 aromatic heterocycles. The number of hydrogen-bond donors (Lipinski definition) is 0. The van der Waals surface area contributed by atoms with Gasteiger partial charge in [0.05, 0.1) is 13.2 Å². The predicted molar refractivity (Wildman–Crippen MR) is 71.6 cm³/mol. The van der Waals surface area contributed by atoms with Crippen LogP contribution in [0.5, 0.6) is 11.5 Å². The first kappa shape index (κ1) is 11.8. The Bertz CT molecular complexity index is 458. The van der Waals surface area contributed by atoms with Crippen LogP contribution in [0.4, 0.5) is 0 Å². The number of hydrogen-bond acceptors (Lipinski definition) is 3. The van der Waals surface area contributed by atoms with Crippen molar-refractivity contribution in [1.29, 1.82) is 0 Å². The molecule has 0 aliphatic carbocycles. The van der Waals surface area contributed by atoms with Crippen LogP contribution < -0.4 is 9.47 Å².